The number of aromatic amines is 1. The summed E-state index contributed by atoms with van der Waals surface area (Å²) in [5.74, 6) is 1.34. The van der Waals surface area contributed by atoms with Gasteiger partial charge in [0.05, 0.1) is 22.8 Å². The van der Waals surface area contributed by atoms with Gasteiger partial charge in [-0.25, -0.2) is 4.98 Å². The maximum Gasteiger partial charge on any atom is 0.123 e. The highest BCUT2D eigenvalue weighted by molar-refractivity contribution is 7.15. The zero-order valence-electron chi connectivity index (χ0n) is 11.2. The van der Waals surface area contributed by atoms with Crippen LogP contribution in [0.2, 0.25) is 0 Å². The van der Waals surface area contributed by atoms with Crippen molar-refractivity contribution in [3.63, 3.8) is 0 Å². The van der Waals surface area contributed by atoms with Crippen molar-refractivity contribution in [2.45, 2.75) is 39.7 Å². The molecule has 18 heavy (non-hydrogen) atoms. The number of aromatic nitrogens is 2. The average Bonchev–Trinajstić information content (AvgIpc) is 3.04. The summed E-state index contributed by atoms with van der Waals surface area (Å²) in [6.45, 7) is 6.49. The number of hydrogen-bond donors (Lipinski definition) is 2. The van der Waals surface area contributed by atoms with E-state index in [0.717, 1.165) is 24.4 Å². The van der Waals surface area contributed by atoms with Gasteiger partial charge in [0.2, 0.25) is 0 Å². The molecule has 0 aliphatic rings. The highest BCUT2D eigenvalue weighted by atomic mass is 32.1. The molecule has 2 aromatic rings. The first-order chi connectivity index (χ1) is 8.65. The molecule has 0 radical (unpaired) electrons. The molecule has 98 valence electrons. The molecule has 2 aromatic heterocycles. The van der Waals surface area contributed by atoms with E-state index < -0.39 is 0 Å². The molecule has 4 heteroatoms. The number of hydrogen-bond acceptors (Lipinski definition) is 3. The number of aryl methyl sites for hydroxylation is 1. The molecule has 0 aliphatic heterocycles. The van der Waals surface area contributed by atoms with E-state index >= 15 is 0 Å². The zero-order valence-corrected chi connectivity index (χ0v) is 12.1. The van der Waals surface area contributed by atoms with Crippen LogP contribution in [0.4, 0.5) is 0 Å². The van der Waals surface area contributed by atoms with Crippen LogP contribution in [0.25, 0.3) is 10.6 Å². The van der Waals surface area contributed by atoms with Crippen molar-refractivity contribution in [3.8, 4) is 10.6 Å². The minimum absolute atomic E-state index is 0.00522. The number of H-pyrrole nitrogens is 1. The van der Waals surface area contributed by atoms with Gasteiger partial charge in [0, 0.05) is 4.88 Å². The number of thiophene rings is 1. The van der Waals surface area contributed by atoms with Crippen LogP contribution >= 0.6 is 11.3 Å². The first-order valence-electron chi connectivity index (χ1n) is 6.55. The Morgan fingerprint density at radius 3 is 2.78 bits per heavy atom. The largest absolute Gasteiger partial charge is 0.340 e. The first kappa shape index (κ1) is 13.3. The molecule has 0 fully saturated rings. The minimum atomic E-state index is -0.00522. The Hall–Kier alpha value is -1.13. The lowest BCUT2D eigenvalue weighted by molar-refractivity contribution is 0.441. The van der Waals surface area contributed by atoms with Gasteiger partial charge >= 0.3 is 0 Å². The number of imidazole rings is 1. The van der Waals surface area contributed by atoms with E-state index in [1.807, 2.05) is 17.5 Å². The van der Waals surface area contributed by atoms with Crippen molar-refractivity contribution >= 4 is 11.3 Å². The number of nitrogens with two attached hydrogens (primary N) is 1. The highest BCUT2D eigenvalue weighted by Crippen LogP contribution is 2.28. The fourth-order valence-electron chi connectivity index (χ4n) is 1.87. The summed E-state index contributed by atoms with van der Waals surface area (Å²) < 4.78 is 0. The molecule has 0 saturated carbocycles. The van der Waals surface area contributed by atoms with Crippen LogP contribution in [0.3, 0.4) is 0 Å². The van der Waals surface area contributed by atoms with Crippen LogP contribution in [0, 0.1) is 5.92 Å². The van der Waals surface area contributed by atoms with Crippen molar-refractivity contribution in [2.75, 3.05) is 0 Å². The van der Waals surface area contributed by atoms with Crippen LogP contribution in [-0.2, 0) is 6.42 Å². The van der Waals surface area contributed by atoms with Crippen molar-refractivity contribution in [1.82, 2.24) is 9.97 Å². The number of nitrogens with zero attached hydrogens (tertiary/aromatic N) is 1. The zero-order chi connectivity index (χ0) is 13.1. The van der Waals surface area contributed by atoms with Gasteiger partial charge < -0.3 is 10.7 Å². The smallest absolute Gasteiger partial charge is 0.123 e. The van der Waals surface area contributed by atoms with Crippen LogP contribution in [-0.4, -0.2) is 9.97 Å². The molecule has 2 unspecified atom stereocenters. The monoisotopic (exact) mass is 263 g/mol. The third-order valence-electron chi connectivity index (χ3n) is 3.44. The summed E-state index contributed by atoms with van der Waals surface area (Å²) in [4.78, 5) is 10.4. The lowest BCUT2D eigenvalue weighted by atomic mass is 10.00. The molecular weight excluding hydrogens is 242 g/mol. The molecule has 0 bridgehead atoms. The molecule has 2 rings (SSSR count). The Kier molecular flexibility index (Phi) is 4.19. The first-order valence-corrected chi connectivity index (χ1v) is 7.36. The number of rotatable bonds is 5. The maximum atomic E-state index is 6.18. The van der Waals surface area contributed by atoms with Crippen LogP contribution in [0.15, 0.2) is 18.3 Å². The molecule has 0 aromatic carbocycles. The Balaban J connectivity index is 2.19. The second-order valence-corrected chi connectivity index (χ2v) is 5.88. The Morgan fingerprint density at radius 2 is 2.17 bits per heavy atom. The minimum Gasteiger partial charge on any atom is -0.340 e. The van der Waals surface area contributed by atoms with Crippen LogP contribution in [0.1, 0.15) is 43.9 Å². The fraction of sp³-hybridized carbons (Fsp3) is 0.500. The van der Waals surface area contributed by atoms with Crippen molar-refractivity contribution in [2.24, 2.45) is 11.7 Å². The molecule has 0 aliphatic carbocycles. The summed E-state index contributed by atoms with van der Waals surface area (Å²) in [5.41, 5.74) is 7.26. The van der Waals surface area contributed by atoms with Gasteiger partial charge in [-0.2, -0.15) is 0 Å². The molecule has 2 atom stereocenters. The van der Waals surface area contributed by atoms with E-state index in [1.54, 1.807) is 0 Å². The van der Waals surface area contributed by atoms with Gasteiger partial charge in [-0.1, -0.05) is 27.2 Å². The van der Waals surface area contributed by atoms with Crippen LogP contribution in [0.5, 0.6) is 0 Å². The molecular formula is C14H21N3S. The Labute approximate surface area is 112 Å². The molecule has 0 saturated heterocycles. The van der Waals surface area contributed by atoms with Gasteiger partial charge in [-0.05, 0) is 24.5 Å². The van der Waals surface area contributed by atoms with E-state index in [-0.39, 0.29) is 6.04 Å². The predicted molar refractivity (Wildman–Crippen MR) is 77.7 cm³/mol. The molecule has 3 N–H and O–H groups in total. The Bertz CT molecular complexity index is 501. The second-order valence-electron chi connectivity index (χ2n) is 4.71. The second kappa shape index (κ2) is 5.67. The standard InChI is InChI=1S/C14H21N3S/c1-4-9(3)13(15)14-16-8-11(17-14)12-7-6-10(5-2)18-12/h6-9,13H,4-5,15H2,1-3H3,(H,16,17). The lowest BCUT2D eigenvalue weighted by Crippen LogP contribution is -2.19. The summed E-state index contributed by atoms with van der Waals surface area (Å²) >= 11 is 1.81. The van der Waals surface area contributed by atoms with Gasteiger partial charge in [0.1, 0.15) is 5.82 Å². The SMILES string of the molecule is CCc1ccc(-c2cnc(C(N)C(C)CC)[nH]2)s1. The van der Waals surface area contributed by atoms with Gasteiger partial charge in [0.25, 0.3) is 0 Å². The molecule has 3 nitrogen and oxygen atoms in total. The van der Waals surface area contributed by atoms with Crippen LogP contribution < -0.4 is 5.73 Å². The van der Waals surface area contributed by atoms with Crippen molar-refractivity contribution < 1.29 is 0 Å². The predicted octanol–water partition coefficient (Wildman–Crippen LogP) is 3.75. The summed E-state index contributed by atoms with van der Waals surface area (Å²) in [7, 11) is 0. The van der Waals surface area contributed by atoms with Gasteiger partial charge in [0.15, 0.2) is 0 Å². The quantitative estimate of drug-likeness (QED) is 0.863. The van der Waals surface area contributed by atoms with Gasteiger partial charge in [-0.15, -0.1) is 11.3 Å². The molecule has 0 spiro atoms. The molecule has 2 heterocycles. The number of nitrogens with one attached hydrogen (secondary N) is 1. The van der Waals surface area contributed by atoms with Crippen molar-refractivity contribution in [3.05, 3.63) is 29.0 Å². The third kappa shape index (κ3) is 2.65. The van der Waals surface area contributed by atoms with E-state index in [9.17, 15) is 0 Å². The summed E-state index contributed by atoms with van der Waals surface area (Å²) in [6.07, 6.45) is 4.04. The fourth-order valence-corrected chi connectivity index (χ4v) is 2.78. The normalized spacial score (nSPS) is 14.7. The highest BCUT2D eigenvalue weighted by Gasteiger charge is 2.17. The Morgan fingerprint density at radius 1 is 1.39 bits per heavy atom. The topological polar surface area (TPSA) is 54.7 Å². The van der Waals surface area contributed by atoms with Crippen molar-refractivity contribution in [1.29, 1.82) is 0 Å². The van der Waals surface area contributed by atoms with E-state index in [0.29, 0.717) is 5.92 Å². The summed E-state index contributed by atoms with van der Waals surface area (Å²) in [5, 5.41) is 0. The van der Waals surface area contributed by atoms with Gasteiger partial charge in [-0.3, -0.25) is 0 Å². The lowest BCUT2D eigenvalue weighted by Gasteiger charge is -2.15. The molecule has 0 amide bonds. The average molecular weight is 263 g/mol. The van der Waals surface area contributed by atoms with E-state index in [2.05, 4.69) is 42.9 Å². The van der Waals surface area contributed by atoms with E-state index in [4.69, 9.17) is 5.73 Å². The summed E-state index contributed by atoms with van der Waals surface area (Å²) in [6, 6.07) is 4.32. The maximum absolute atomic E-state index is 6.18. The third-order valence-corrected chi connectivity index (χ3v) is 4.71. The van der Waals surface area contributed by atoms with E-state index in [1.165, 1.54) is 9.75 Å².